The summed E-state index contributed by atoms with van der Waals surface area (Å²) in [6.07, 6.45) is 0.486. The van der Waals surface area contributed by atoms with Crippen LogP contribution in [0.3, 0.4) is 0 Å². The molecule has 0 saturated carbocycles. The number of hydrogen-bond acceptors (Lipinski definition) is 9. The zero-order valence-electron chi connectivity index (χ0n) is 18.0. The van der Waals surface area contributed by atoms with E-state index in [-0.39, 0.29) is 38.6 Å². The van der Waals surface area contributed by atoms with Gasteiger partial charge in [-0.3, -0.25) is 4.79 Å². The smallest absolute Gasteiger partial charge is 0.231 e. The molecule has 0 N–H and O–H groups in total. The molecular weight excluding hydrogens is 408 g/mol. The van der Waals surface area contributed by atoms with Gasteiger partial charge in [-0.1, -0.05) is 0 Å². The summed E-state index contributed by atoms with van der Waals surface area (Å²) < 4.78 is 43.2. The highest BCUT2D eigenvalue weighted by Crippen LogP contribution is 2.44. The monoisotopic (exact) mass is 434 g/mol. The fourth-order valence-electron chi connectivity index (χ4n) is 3.02. The molecule has 0 atom stereocenters. The standard InChI is InChI=1S/C22H26O9/c1-24-17-9-15(10-18(25-2)21(17)27-4)28-7-5-14(23)6-8-29-16-11-19(26-3)22-20(12-16)30-13-31-22/h9-12H,5-8,13H2,1-4H3. The molecule has 0 fully saturated rings. The number of methoxy groups -OCH3 is 4. The molecule has 0 spiro atoms. The van der Waals surface area contributed by atoms with Crippen molar-refractivity contribution in [2.24, 2.45) is 0 Å². The number of ketones is 1. The van der Waals surface area contributed by atoms with E-state index in [0.29, 0.717) is 46.0 Å². The van der Waals surface area contributed by atoms with Crippen LogP contribution in [0.2, 0.25) is 0 Å². The van der Waals surface area contributed by atoms with Gasteiger partial charge in [0, 0.05) is 37.1 Å². The van der Waals surface area contributed by atoms with Crippen molar-refractivity contribution >= 4 is 5.78 Å². The van der Waals surface area contributed by atoms with E-state index in [9.17, 15) is 4.79 Å². The molecule has 9 nitrogen and oxygen atoms in total. The van der Waals surface area contributed by atoms with Gasteiger partial charge in [0.05, 0.1) is 41.7 Å². The Morgan fingerprint density at radius 1 is 0.774 bits per heavy atom. The van der Waals surface area contributed by atoms with E-state index < -0.39 is 0 Å². The van der Waals surface area contributed by atoms with Gasteiger partial charge in [-0.2, -0.15) is 0 Å². The number of rotatable bonds is 12. The SMILES string of the molecule is COc1cc(OCCC(=O)CCOc2cc(OC)c3c(c2)OCO3)cc(OC)c1OC. The Hall–Kier alpha value is -3.49. The van der Waals surface area contributed by atoms with Crippen molar-refractivity contribution in [3.05, 3.63) is 24.3 Å². The molecule has 0 bridgehead atoms. The molecule has 168 valence electrons. The fraction of sp³-hybridized carbons (Fsp3) is 0.409. The van der Waals surface area contributed by atoms with E-state index in [1.807, 2.05) is 0 Å². The summed E-state index contributed by atoms with van der Waals surface area (Å²) in [6, 6.07) is 6.78. The van der Waals surface area contributed by atoms with Crippen LogP contribution in [0.15, 0.2) is 24.3 Å². The maximum absolute atomic E-state index is 12.2. The quantitative estimate of drug-likeness (QED) is 0.499. The van der Waals surface area contributed by atoms with Crippen LogP contribution in [0.25, 0.3) is 0 Å². The van der Waals surface area contributed by atoms with Crippen molar-refractivity contribution in [2.45, 2.75) is 12.8 Å². The largest absolute Gasteiger partial charge is 0.493 e. The number of benzene rings is 2. The lowest BCUT2D eigenvalue weighted by Crippen LogP contribution is -2.10. The molecule has 2 aromatic rings. The molecule has 0 aliphatic carbocycles. The second-order valence-electron chi connectivity index (χ2n) is 6.46. The van der Waals surface area contributed by atoms with Gasteiger partial charge in [0.15, 0.2) is 23.0 Å². The molecule has 31 heavy (non-hydrogen) atoms. The average Bonchev–Trinajstić information content (AvgIpc) is 3.26. The second-order valence-corrected chi connectivity index (χ2v) is 6.46. The third-order valence-corrected chi connectivity index (χ3v) is 4.57. The zero-order valence-corrected chi connectivity index (χ0v) is 18.0. The summed E-state index contributed by atoms with van der Waals surface area (Å²) in [5, 5.41) is 0. The Labute approximate surface area is 180 Å². The summed E-state index contributed by atoms with van der Waals surface area (Å²) in [5.41, 5.74) is 0. The van der Waals surface area contributed by atoms with Crippen molar-refractivity contribution in [3.8, 4) is 46.0 Å². The van der Waals surface area contributed by atoms with Gasteiger partial charge in [0.1, 0.15) is 17.3 Å². The molecule has 1 aliphatic heterocycles. The Morgan fingerprint density at radius 3 is 1.87 bits per heavy atom. The maximum Gasteiger partial charge on any atom is 0.231 e. The minimum Gasteiger partial charge on any atom is -0.493 e. The normalized spacial score (nSPS) is 11.6. The van der Waals surface area contributed by atoms with E-state index in [4.69, 9.17) is 37.9 Å². The van der Waals surface area contributed by atoms with Crippen LogP contribution in [-0.4, -0.2) is 54.2 Å². The van der Waals surface area contributed by atoms with Crippen LogP contribution in [0, 0.1) is 0 Å². The van der Waals surface area contributed by atoms with Crippen molar-refractivity contribution < 1.29 is 42.7 Å². The first-order valence-corrected chi connectivity index (χ1v) is 9.64. The predicted octanol–water partition coefficient (Wildman–Crippen LogP) is 3.26. The van der Waals surface area contributed by atoms with E-state index in [0.717, 1.165) is 0 Å². The van der Waals surface area contributed by atoms with Gasteiger partial charge < -0.3 is 37.9 Å². The minimum atomic E-state index is 0.0140. The Bertz CT molecular complexity index is 885. The van der Waals surface area contributed by atoms with Gasteiger partial charge in [-0.05, 0) is 0 Å². The molecule has 9 heteroatoms. The summed E-state index contributed by atoms with van der Waals surface area (Å²) in [6.45, 7) is 0.584. The lowest BCUT2D eigenvalue weighted by Gasteiger charge is -2.14. The molecule has 1 aliphatic rings. The molecule has 0 amide bonds. The first kappa shape index (κ1) is 22.2. The first-order chi connectivity index (χ1) is 15.1. The lowest BCUT2D eigenvalue weighted by atomic mass is 10.2. The maximum atomic E-state index is 12.2. The van der Waals surface area contributed by atoms with Gasteiger partial charge >= 0.3 is 0 Å². The fourth-order valence-corrected chi connectivity index (χ4v) is 3.02. The van der Waals surface area contributed by atoms with Gasteiger partial charge in [-0.25, -0.2) is 0 Å². The number of ether oxygens (including phenoxy) is 8. The van der Waals surface area contributed by atoms with Gasteiger partial charge in [-0.15, -0.1) is 0 Å². The predicted molar refractivity (Wildman–Crippen MR) is 110 cm³/mol. The van der Waals surface area contributed by atoms with Crippen molar-refractivity contribution in [3.63, 3.8) is 0 Å². The third-order valence-electron chi connectivity index (χ3n) is 4.57. The number of fused-ring (bicyclic) bond motifs is 1. The molecule has 3 rings (SSSR count). The average molecular weight is 434 g/mol. The van der Waals surface area contributed by atoms with Crippen LogP contribution < -0.4 is 37.9 Å². The van der Waals surface area contributed by atoms with E-state index in [2.05, 4.69) is 0 Å². The van der Waals surface area contributed by atoms with Crippen LogP contribution in [0.5, 0.6) is 46.0 Å². The second kappa shape index (κ2) is 10.5. The molecule has 2 aromatic carbocycles. The van der Waals surface area contributed by atoms with Crippen LogP contribution in [0.1, 0.15) is 12.8 Å². The number of Topliss-reactive ketones (excluding diaryl/α,β-unsaturated/α-hetero) is 1. The molecule has 0 saturated heterocycles. The highest BCUT2D eigenvalue weighted by atomic mass is 16.7. The Morgan fingerprint density at radius 2 is 1.32 bits per heavy atom. The molecule has 0 aromatic heterocycles. The van der Waals surface area contributed by atoms with Gasteiger partial charge in [0.25, 0.3) is 0 Å². The Kier molecular flexibility index (Phi) is 7.53. The zero-order chi connectivity index (χ0) is 22.2. The molecule has 0 radical (unpaired) electrons. The van der Waals surface area contributed by atoms with Crippen LogP contribution >= 0.6 is 0 Å². The highest BCUT2D eigenvalue weighted by Gasteiger charge is 2.21. The van der Waals surface area contributed by atoms with Crippen molar-refractivity contribution in [2.75, 3.05) is 48.4 Å². The van der Waals surface area contributed by atoms with E-state index in [1.54, 1.807) is 31.4 Å². The summed E-state index contributed by atoms with van der Waals surface area (Å²) in [5.74, 6) is 4.15. The molecular formula is C22H26O9. The summed E-state index contributed by atoms with van der Waals surface area (Å²) in [4.78, 5) is 12.2. The van der Waals surface area contributed by atoms with Crippen molar-refractivity contribution in [1.29, 1.82) is 0 Å². The number of carbonyl (C=O) groups excluding carboxylic acids is 1. The lowest BCUT2D eigenvalue weighted by molar-refractivity contribution is -0.120. The summed E-state index contributed by atoms with van der Waals surface area (Å²) in [7, 11) is 6.13. The van der Waals surface area contributed by atoms with Crippen LogP contribution in [0.4, 0.5) is 0 Å². The van der Waals surface area contributed by atoms with Crippen LogP contribution in [-0.2, 0) is 4.79 Å². The molecule has 1 heterocycles. The highest BCUT2D eigenvalue weighted by molar-refractivity contribution is 5.78. The van der Waals surface area contributed by atoms with E-state index >= 15 is 0 Å². The summed E-state index contributed by atoms with van der Waals surface area (Å²) >= 11 is 0. The number of hydrogen-bond donors (Lipinski definition) is 0. The topological polar surface area (TPSA) is 90.9 Å². The third kappa shape index (κ3) is 5.36. The van der Waals surface area contributed by atoms with Gasteiger partial charge in [0.2, 0.25) is 18.3 Å². The molecule has 0 unspecified atom stereocenters. The Balaban J connectivity index is 1.46. The number of carbonyl (C=O) groups is 1. The first-order valence-electron chi connectivity index (χ1n) is 9.64. The van der Waals surface area contributed by atoms with Crippen molar-refractivity contribution in [1.82, 2.24) is 0 Å². The minimum absolute atomic E-state index is 0.0140. The van der Waals surface area contributed by atoms with E-state index in [1.165, 1.54) is 21.3 Å².